The summed E-state index contributed by atoms with van der Waals surface area (Å²) in [5.41, 5.74) is 0.354. The van der Waals surface area contributed by atoms with Crippen molar-refractivity contribution < 1.29 is 13.2 Å². The fourth-order valence-electron chi connectivity index (χ4n) is 4.35. The smallest absolute Gasteiger partial charge is 0.377 e. The Morgan fingerprint density at radius 1 is 1.00 bits per heavy atom. The van der Waals surface area contributed by atoms with E-state index in [9.17, 15) is 22.8 Å². The van der Waals surface area contributed by atoms with E-state index >= 15 is 0 Å². The van der Waals surface area contributed by atoms with Crippen LogP contribution in [0.15, 0.2) is 33.9 Å². The molecule has 2 N–H and O–H groups in total. The van der Waals surface area contributed by atoms with E-state index in [1.165, 1.54) is 16.7 Å². The first-order valence-corrected chi connectivity index (χ1v) is 9.66. The molecule has 0 spiro atoms. The summed E-state index contributed by atoms with van der Waals surface area (Å²) in [6.07, 6.45) is 1.62. The fraction of sp³-hybridized carbons (Fsp3) is 0.500. The van der Waals surface area contributed by atoms with Crippen molar-refractivity contribution in [1.29, 1.82) is 0 Å². The largest absolute Gasteiger partial charge is 0.416 e. The summed E-state index contributed by atoms with van der Waals surface area (Å²) in [4.78, 5) is 28.4. The minimum atomic E-state index is -4.38. The maximum Gasteiger partial charge on any atom is 0.416 e. The van der Waals surface area contributed by atoms with Crippen LogP contribution in [0.2, 0.25) is 0 Å². The minimum absolute atomic E-state index is 0.0442. The van der Waals surface area contributed by atoms with Crippen molar-refractivity contribution in [3.05, 3.63) is 61.9 Å². The van der Waals surface area contributed by atoms with Gasteiger partial charge in [0.25, 0.3) is 5.56 Å². The van der Waals surface area contributed by atoms with E-state index in [1.807, 2.05) is 0 Å². The van der Waals surface area contributed by atoms with Crippen molar-refractivity contribution in [2.45, 2.75) is 63.2 Å². The van der Waals surface area contributed by atoms with Crippen LogP contribution in [-0.2, 0) is 12.6 Å². The fourth-order valence-corrected chi connectivity index (χ4v) is 4.35. The Kier molecular flexibility index (Phi) is 4.81. The second-order valence-electron chi connectivity index (χ2n) is 7.60. The Bertz CT molecular complexity index is 970. The van der Waals surface area contributed by atoms with Crippen LogP contribution >= 0.6 is 0 Å². The maximum atomic E-state index is 12.9. The molecule has 2 aliphatic carbocycles. The quantitative estimate of drug-likeness (QED) is 0.823. The van der Waals surface area contributed by atoms with Crippen molar-refractivity contribution in [3.8, 4) is 0 Å². The van der Waals surface area contributed by atoms with E-state index in [-0.39, 0.29) is 17.6 Å². The molecule has 0 amide bonds. The molecule has 8 heteroatoms. The second-order valence-corrected chi connectivity index (χ2v) is 7.60. The van der Waals surface area contributed by atoms with Gasteiger partial charge in [0.2, 0.25) is 0 Å². The Balaban J connectivity index is 1.59. The maximum absolute atomic E-state index is 12.9. The molecule has 0 saturated heterocycles. The highest BCUT2D eigenvalue weighted by atomic mass is 19.4. The number of nitrogens with zero attached hydrogens (tertiary/aromatic N) is 1. The molecule has 2 aromatic rings. The highest BCUT2D eigenvalue weighted by molar-refractivity contribution is 5.48. The molecule has 1 atom stereocenters. The highest BCUT2D eigenvalue weighted by Crippen LogP contribution is 2.33. The van der Waals surface area contributed by atoms with Gasteiger partial charge in [-0.05, 0) is 49.9 Å². The van der Waals surface area contributed by atoms with E-state index in [0.29, 0.717) is 29.8 Å². The molecule has 28 heavy (non-hydrogen) atoms. The first-order valence-electron chi connectivity index (χ1n) is 9.66. The lowest BCUT2D eigenvalue weighted by atomic mass is 9.95. The molecule has 1 heterocycles. The number of alkyl halides is 3. The molecule has 1 fully saturated rings. The lowest BCUT2D eigenvalue weighted by Crippen LogP contribution is -2.41. The second kappa shape index (κ2) is 7.14. The lowest BCUT2D eigenvalue weighted by Gasteiger charge is -2.24. The third-order valence-corrected chi connectivity index (χ3v) is 5.79. The van der Waals surface area contributed by atoms with Crippen molar-refractivity contribution in [1.82, 2.24) is 9.55 Å². The number of halogens is 3. The Hall–Kier alpha value is -2.51. The average molecular weight is 393 g/mol. The van der Waals surface area contributed by atoms with Crippen molar-refractivity contribution in [2.24, 2.45) is 0 Å². The number of H-pyrrole nitrogens is 1. The summed E-state index contributed by atoms with van der Waals surface area (Å²) in [5.74, 6) is 0. The van der Waals surface area contributed by atoms with Gasteiger partial charge in [0.05, 0.1) is 17.3 Å². The van der Waals surface area contributed by atoms with Gasteiger partial charge >= 0.3 is 11.9 Å². The first-order chi connectivity index (χ1) is 13.3. The summed E-state index contributed by atoms with van der Waals surface area (Å²) in [6, 6.07) is 4.42. The summed E-state index contributed by atoms with van der Waals surface area (Å²) in [7, 11) is 0. The number of hydrogen-bond donors (Lipinski definition) is 2. The topological polar surface area (TPSA) is 66.9 Å². The van der Waals surface area contributed by atoms with Gasteiger partial charge in [0.1, 0.15) is 0 Å². The van der Waals surface area contributed by atoms with Crippen molar-refractivity contribution >= 4 is 5.69 Å². The summed E-state index contributed by atoms with van der Waals surface area (Å²) in [6.45, 7) is 0. The molecule has 0 radical (unpaired) electrons. The Labute approximate surface area is 159 Å². The summed E-state index contributed by atoms with van der Waals surface area (Å²) < 4.78 is 39.5. The number of nitrogens with one attached hydrogen (secondary N) is 2. The number of rotatable bonds is 3. The number of fused-ring (bicyclic) bond motifs is 1. The van der Waals surface area contributed by atoms with Gasteiger partial charge in [-0.15, -0.1) is 0 Å². The van der Waals surface area contributed by atoms with Gasteiger partial charge in [-0.25, -0.2) is 4.79 Å². The van der Waals surface area contributed by atoms with Crippen LogP contribution in [0.1, 0.15) is 67.4 Å². The molecule has 1 aromatic carbocycles. The Morgan fingerprint density at radius 2 is 1.68 bits per heavy atom. The van der Waals surface area contributed by atoms with E-state index in [0.717, 1.165) is 44.2 Å². The standard InChI is InChI=1S/C20H22F3N3O2/c21-20(22,23)12-6-8-13(9-7-12)24-16-11-10-15-17(16)25-19(28)26(18(15)27)14-4-2-1-3-5-14/h6-9,14,16,24H,1-5,10-11H2,(H,25,28). The van der Waals surface area contributed by atoms with Crippen LogP contribution in [0.25, 0.3) is 0 Å². The predicted octanol–water partition coefficient (Wildman–Crippen LogP) is 4.16. The van der Waals surface area contributed by atoms with Gasteiger partial charge in [0, 0.05) is 17.3 Å². The average Bonchev–Trinajstić information content (AvgIpc) is 3.05. The van der Waals surface area contributed by atoms with Crippen LogP contribution < -0.4 is 16.6 Å². The number of benzene rings is 1. The van der Waals surface area contributed by atoms with Gasteiger partial charge in [-0.3, -0.25) is 9.36 Å². The molecular formula is C20H22F3N3O2. The third kappa shape index (κ3) is 3.47. The van der Waals surface area contributed by atoms with Gasteiger partial charge in [-0.1, -0.05) is 19.3 Å². The van der Waals surface area contributed by atoms with Crippen LogP contribution in [-0.4, -0.2) is 9.55 Å². The molecule has 1 saturated carbocycles. The van der Waals surface area contributed by atoms with E-state index < -0.39 is 17.4 Å². The minimum Gasteiger partial charge on any atom is -0.377 e. The molecule has 1 aromatic heterocycles. The number of hydrogen-bond acceptors (Lipinski definition) is 3. The lowest BCUT2D eigenvalue weighted by molar-refractivity contribution is -0.137. The summed E-state index contributed by atoms with van der Waals surface area (Å²) >= 11 is 0. The van der Waals surface area contributed by atoms with Gasteiger partial charge < -0.3 is 10.3 Å². The third-order valence-electron chi connectivity index (χ3n) is 5.79. The van der Waals surface area contributed by atoms with E-state index in [1.54, 1.807) is 0 Å². The zero-order valence-electron chi connectivity index (χ0n) is 15.3. The first kappa shape index (κ1) is 18.8. The monoisotopic (exact) mass is 393 g/mol. The molecule has 1 unspecified atom stereocenters. The summed E-state index contributed by atoms with van der Waals surface area (Å²) in [5, 5.41) is 3.14. The van der Waals surface area contributed by atoms with Crippen molar-refractivity contribution in [3.63, 3.8) is 0 Å². The zero-order chi connectivity index (χ0) is 19.9. The molecule has 150 valence electrons. The van der Waals surface area contributed by atoms with Gasteiger partial charge in [-0.2, -0.15) is 13.2 Å². The van der Waals surface area contributed by atoms with Crippen LogP contribution in [0.3, 0.4) is 0 Å². The molecular weight excluding hydrogens is 371 g/mol. The molecule has 5 nitrogen and oxygen atoms in total. The molecule has 0 aliphatic heterocycles. The predicted molar refractivity (Wildman–Crippen MR) is 99.6 cm³/mol. The normalized spacial score (nSPS) is 20.2. The zero-order valence-corrected chi connectivity index (χ0v) is 15.3. The van der Waals surface area contributed by atoms with Crippen LogP contribution in [0.5, 0.6) is 0 Å². The highest BCUT2D eigenvalue weighted by Gasteiger charge is 2.31. The van der Waals surface area contributed by atoms with Crippen LogP contribution in [0.4, 0.5) is 18.9 Å². The number of anilines is 1. The number of aromatic nitrogens is 2. The van der Waals surface area contributed by atoms with E-state index in [2.05, 4.69) is 10.3 Å². The molecule has 0 bridgehead atoms. The van der Waals surface area contributed by atoms with E-state index in [4.69, 9.17) is 0 Å². The van der Waals surface area contributed by atoms with Gasteiger partial charge in [0.15, 0.2) is 0 Å². The molecule has 2 aliphatic rings. The molecule has 4 rings (SSSR count). The van der Waals surface area contributed by atoms with Crippen LogP contribution in [0, 0.1) is 0 Å². The Morgan fingerprint density at radius 3 is 2.32 bits per heavy atom. The number of aromatic amines is 1. The SMILES string of the molecule is O=c1[nH]c2c(c(=O)n1C1CCCCC1)CCC2Nc1ccc(C(F)(F)F)cc1. The van der Waals surface area contributed by atoms with Crippen molar-refractivity contribution in [2.75, 3.05) is 5.32 Å².